The highest BCUT2D eigenvalue weighted by Gasteiger charge is 2.51. The Morgan fingerprint density at radius 1 is 1.14 bits per heavy atom. The van der Waals surface area contributed by atoms with Gasteiger partial charge in [-0.3, -0.25) is 4.79 Å². The number of aliphatic carboxylic acids is 2. The zero-order valence-electron chi connectivity index (χ0n) is 13.6. The van der Waals surface area contributed by atoms with Gasteiger partial charge >= 0.3 is 11.9 Å². The van der Waals surface area contributed by atoms with E-state index in [0.717, 1.165) is 31.3 Å². The van der Waals surface area contributed by atoms with E-state index in [1.165, 1.54) is 0 Å². The molecule has 0 saturated heterocycles. The fourth-order valence-electron chi connectivity index (χ4n) is 4.14. The number of hydrogen-bond donors (Lipinski definition) is 2. The van der Waals surface area contributed by atoms with Crippen LogP contribution in [0.5, 0.6) is 0 Å². The molecule has 0 aromatic rings. The minimum atomic E-state index is -1.27. The predicted molar refractivity (Wildman–Crippen MR) is 82.1 cm³/mol. The Labute approximate surface area is 127 Å². The van der Waals surface area contributed by atoms with E-state index in [1.807, 2.05) is 20.8 Å². The molecule has 0 radical (unpaired) electrons. The van der Waals surface area contributed by atoms with E-state index >= 15 is 0 Å². The molecule has 1 aliphatic carbocycles. The van der Waals surface area contributed by atoms with Crippen molar-refractivity contribution in [3.63, 3.8) is 0 Å². The molecule has 4 heteroatoms. The Hall–Kier alpha value is -1.32. The number of carboxylic acids is 2. The number of allylic oxidation sites excluding steroid dienone is 1. The van der Waals surface area contributed by atoms with E-state index in [4.69, 9.17) is 0 Å². The van der Waals surface area contributed by atoms with Crippen molar-refractivity contribution in [3.05, 3.63) is 11.1 Å². The maximum atomic E-state index is 12.2. The molecule has 21 heavy (non-hydrogen) atoms. The summed E-state index contributed by atoms with van der Waals surface area (Å²) in [6.07, 6.45) is 4.37. The van der Waals surface area contributed by atoms with Crippen LogP contribution in [0.25, 0.3) is 0 Å². The topological polar surface area (TPSA) is 74.6 Å². The normalized spacial score (nSPS) is 19.4. The summed E-state index contributed by atoms with van der Waals surface area (Å²) in [5.41, 5.74) is -0.240. The molecule has 0 spiro atoms. The number of hydrogen-bond acceptors (Lipinski definition) is 2. The van der Waals surface area contributed by atoms with Gasteiger partial charge in [0, 0.05) is 0 Å². The zero-order chi connectivity index (χ0) is 16.2. The van der Waals surface area contributed by atoms with Crippen molar-refractivity contribution in [2.24, 2.45) is 17.3 Å². The van der Waals surface area contributed by atoms with Crippen LogP contribution in [0.15, 0.2) is 11.1 Å². The first-order valence-corrected chi connectivity index (χ1v) is 8.02. The summed E-state index contributed by atoms with van der Waals surface area (Å²) in [4.78, 5) is 24.1. The molecule has 0 aliphatic heterocycles. The third kappa shape index (κ3) is 3.14. The van der Waals surface area contributed by atoms with Crippen LogP contribution in [-0.2, 0) is 9.59 Å². The van der Waals surface area contributed by atoms with E-state index in [2.05, 4.69) is 0 Å². The second-order valence-corrected chi connectivity index (χ2v) is 6.38. The highest BCUT2D eigenvalue weighted by atomic mass is 16.4. The van der Waals surface area contributed by atoms with Gasteiger partial charge in [0.25, 0.3) is 0 Å². The van der Waals surface area contributed by atoms with Gasteiger partial charge in [-0.15, -0.1) is 0 Å². The van der Waals surface area contributed by atoms with Crippen molar-refractivity contribution in [3.8, 4) is 0 Å². The maximum Gasteiger partial charge on any atom is 0.332 e. The van der Waals surface area contributed by atoms with Crippen LogP contribution in [0.4, 0.5) is 0 Å². The van der Waals surface area contributed by atoms with Crippen LogP contribution in [0, 0.1) is 17.3 Å². The molecular weight excluding hydrogens is 268 g/mol. The molecule has 1 aliphatic rings. The van der Waals surface area contributed by atoms with Crippen LogP contribution in [0.3, 0.4) is 0 Å². The Bertz CT molecular complexity index is 428. The zero-order valence-corrected chi connectivity index (χ0v) is 13.6. The van der Waals surface area contributed by atoms with E-state index in [9.17, 15) is 19.8 Å². The SMILES string of the molecule is CCC(C(C)C)C(CC)(C(=O)O)C(C(=O)O)=C1CCCC1. The Balaban J connectivity index is 3.57. The van der Waals surface area contributed by atoms with Crippen LogP contribution in [-0.4, -0.2) is 22.2 Å². The molecule has 1 saturated carbocycles. The van der Waals surface area contributed by atoms with E-state index < -0.39 is 17.4 Å². The molecule has 2 atom stereocenters. The highest BCUT2D eigenvalue weighted by molar-refractivity contribution is 5.97. The Morgan fingerprint density at radius 2 is 1.67 bits per heavy atom. The van der Waals surface area contributed by atoms with Crippen molar-refractivity contribution < 1.29 is 19.8 Å². The van der Waals surface area contributed by atoms with Crippen molar-refractivity contribution in [2.45, 2.75) is 66.2 Å². The standard InChI is InChI=1S/C17H28O4/c1-5-13(11(3)4)17(6-2,16(20)21)14(15(18)19)12-9-7-8-10-12/h11,13H,5-10H2,1-4H3,(H,18,19)(H,20,21). The van der Waals surface area contributed by atoms with E-state index in [1.54, 1.807) is 6.92 Å². The van der Waals surface area contributed by atoms with Gasteiger partial charge in [0.1, 0.15) is 5.41 Å². The molecule has 2 unspecified atom stereocenters. The van der Waals surface area contributed by atoms with Gasteiger partial charge in [-0.2, -0.15) is 0 Å². The van der Waals surface area contributed by atoms with Crippen molar-refractivity contribution in [1.82, 2.24) is 0 Å². The third-order valence-electron chi connectivity index (χ3n) is 5.04. The van der Waals surface area contributed by atoms with Crippen molar-refractivity contribution in [2.75, 3.05) is 0 Å². The first kappa shape index (κ1) is 17.7. The molecule has 0 amide bonds. The molecular formula is C17H28O4. The van der Waals surface area contributed by atoms with Gasteiger partial charge < -0.3 is 10.2 Å². The highest BCUT2D eigenvalue weighted by Crippen LogP contribution is 2.48. The van der Waals surface area contributed by atoms with Crippen molar-refractivity contribution >= 4 is 11.9 Å². The van der Waals surface area contributed by atoms with Gasteiger partial charge in [-0.1, -0.05) is 39.7 Å². The summed E-state index contributed by atoms with van der Waals surface area (Å²) in [6.45, 7) is 7.73. The summed E-state index contributed by atoms with van der Waals surface area (Å²) in [5, 5.41) is 19.7. The van der Waals surface area contributed by atoms with E-state index in [-0.39, 0.29) is 17.4 Å². The molecule has 2 N–H and O–H groups in total. The first-order valence-electron chi connectivity index (χ1n) is 8.02. The largest absolute Gasteiger partial charge is 0.481 e. The summed E-state index contributed by atoms with van der Waals surface area (Å²) < 4.78 is 0. The quantitative estimate of drug-likeness (QED) is 0.693. The lowest BCUT2D eigenvalue weighted by atomic mass is 9.62. The molecule has 1 fully saturated rings. The Kier molecular flexibility index (Phi) is 5.99. The second-order valence-electron chi connectivity index (χ2n) is 6.38. The second kappa shape index (κ2) is 7.10. The van der Waals surface area contributed by atoms with Crippen LogP contribution < -0.4 is 0 Å². The van der Waals surface area contributed by atoms with Crippen LogP contribution in [0.1, 0.15) is 66.2 Å². The maximum absolute atomic E-state index is 12.2. The molecule has 1 rings (SSSR count). The van der Waals surface area contributed by atoms with Gasteiger partial charge in [0.15, 0.2) is 0 Å². The van der Waals surface area contributed by atoms with Gasteiger partial charge in [0.2, 0.25) is 0 Å². The summed E-state index contributed by atoms with van der Waals surface area (Å²) in [5.74, 6) is -2.07. The lowest BCUT2D eigenvalue weighted by molar-refractivity contribution is -0.155. The first-order chi connectivity index (χ1) is 9.82. The molecule has 0 heterocycles. The molecule has 0 aromatic carbocycles. The average molecular weight is 296 g/mol. The predicted octanol–water partition coefficient (Wildman–Crippen LogP) is 4.10. The minimum Gasteiger partial charge on any atom is -0.481 e. The van der Waals surface area contributed by atoms with Gasteiger partial charge in [-0.05, 0) is 43.9 Å². The molecule has 4 nitrogen and oxygen atoms in total. The molecule has 0 aromatic heterocycles. The summed E-state index contributed by atoms with van der Waals surface area (Å²) in [7, 11) is 0. The summed E-state index contributed by atoms with van der Waals surface area (Å²) >= 11 is 0. The fraction of sp³-hybridized carbons (Fsp3) is 0.765. The number of carboxylic acid groups (broad SMARTS) is 2. The lowest BCUT2D eigenvalue weighted by Gasteiger charge is -2.40. The van der Waals surface area contributed by atoms with Crippen LogP contribution >= 0.6 is 0 Å². The molecule has 0 bridgehead atoms. The summed E-state index contributed by atoms with van der Waals surface area (Å²) in [6, 6.07) is 0. The number of carbonyl (C=O) groups is 2. The monoisotopic (exact) mass is 296 g/mol. The van der Waals surface area contributed by atoms with Gasteiger partial charge in [-0.25, -0.2) is 4.79 Å². The number of rotatable bonds is 7. The minimum absolute atomic E-state index is 0.127. The fourth-order valence-corrected chi connectivity index (χ4v) is 4.14. The lowest BCUT2D eigenvalue weighted by Crippen LogP contribution is -2.45. The third-order valence-corrected chi connectivity index (χ3v) is 5.04. The van der Waals surface area contributed by atoms with Crippen LogP contribution in [0.2, 0.25) is 0 Å². The Morgan fingerprint density at radius 3 is 1.95 bits per heavy atom. The molecule has 120 valence electrons. The smallest absolute Gasteiger partial charge is 0.332 e. The average Bonchev–Trinajstić information content (AvgIpc) is 2.90. The van der Waals surface area contributed by atoms with Crippen molar-refractivity contribution in [1.29, 1.82) is 0 Å². The van der Waals surface area contributed by atoms with Gasteiger partial charge in [0.05, 0.1) is 5.57 Å². The van der Waals surface area contributed by atoms with E-state index in [0.29, 0.717) is 12.8 Å².